The normalized spacial score (nSPS) is 11.0. The van der Waals surface area contributed by atoms with Gasteiger partial charge in [-0.05, 0) is 55.8 Å². The highest BCUT2D eigenvalue weighted by Crippen LogP contribution is 2.32. The van der Waals surface area contributed by atoms with Gasteiger partial charge in [-0.2, -0.15) is 0 Å². The molecule has 1 aromatic carbocycles. The van der Waals surface area contributed by atoms with Gasteiger partial charge in [0, 0.05) is 52.4 Å². The van der Waals surface area contributed by atoms with Crippen molar-refractivity contribution in [2.75, 3.05) is 7.11 Å². The van der Waals surface area contributed by atoms with Gasteiger partial charge in [0.15, 0.2) is 0 Å². The van der Waals surface area contributed by atoms with Crippen LogP contribution in [0.5, 0.6) is 5.75 Å². The number of hydrogen-bond donors (Lipinski definition) is 0. The van der Waals surface area contributed by atoms with Gasteiger partial charge in [-0.15, -0.1) is 0 Å². The number of aryl methyl sites for hydroxylation is 2. The summed E-state index contributed by atoms with van der Waals surface area (Å²) in [4.78, 5) is 8.59. The molecule has 0 unspecified atom stereocenters. The number of pyridine rings is 2. The van der Waals surface area contributed by atoms with E-state index >= 15 is 0 Å². The van der Waals surface area contributed by atoms with Crippen LogP contribution in [0.25, 0.3) is 33.3 Å². The van der Waals surface area contributed by atoms with Gasteiger partial charge in [0.25, 0.3) is 0 Å². The number of rotatable bonds is 4. The fourth-order valence-electron chi connectivity index (χ4n) is 3.42. The molecule has 4 nitrogen and oxygen atoms in total. The summed E-state index contributed by atoms with van der Waals surface area (Å²) < 4.78 is 7.65. The van der Waals surface area contributed by atoms with Crippen molar-refractivity contribution in [3.05, 3.63) is 66.7 Å². The van der Waals surface area contributed by atoms with Gasteiger partial charge >= 0.3 is 0 Å². The molecule has 4 aromatic rings. The van der Waals surface area contributed by atoms with Crippen molar-refractivity contribution in [3.8, 4) is 28.1 Å². The minimum atomic E-state index is 0.765. The second-order valence-corrected chi connectivity index (χ2v) is 6.35. The molecule has 0 amide bonds. The van der Waals surface area contributed by atoms with Crippen LogP contribution in [0.1, 0.15) is 12.6 Å². The lowest BCUT2D eigenvalue weighted by Gasteiger charge is -2.09. The first-order chi connectivity index (χ1) is 12.7. The van der Waals surface area contributed by atoms with E-state index in [1.54, 1.807) is 13.3 Å². The maximum Gasteiger partial charge on any atom is 0.137 e. The zero-order chi connectivity index (χ0) is 18.1. The third kappa shape index (κ3) is 2.84. The Kier molecular flexibility index (Phi) is 4.17. The summed E-state index contributed by atoms with van der Waals surface area (Å²) in [5.41, 5.74) is 6.86. The van der Waals surface area contributed by atoms with E-state index in [4.69, 9.17) is 4.74 Å². The van der Waals surface area contributed by atoms with E-state index in [1.807, 2.05) is 25.4 Å². The van der Waals surface area contributed by atoms with Crippen LogP contribution in [-0.4, -0.2) is 21.6 Å². The number of ether oxygens (including phenoxy) is 1. The summed E-state index contributed by atoms with van der Waals surface area (Å²) >= 11 is 0. The summed E-state index contributed by atoms with van der Waals surface area (Å²) in [6.07, 6.45) is 5.46. The Morgan fingerprint density at radius 3 is 2.62 bits per heavy atom. The van der Waals surface area contributed by atoms with Gasteiger partial charge in [0.1, 0.15) is 5.75 Å². The lowest BCUT2D eigenvalue weighted by atomic mass is 10.1. The van der Waals surface area contributed by atoms with Crippen LogP contribution in [0.2, 0.25) is 0 Å². The molecule has 0 saturated heterocycles. The summed E-state index contributed by atoms with van der Waals surface area (Å²) in [5, 5.41) is 1.22. The SMILES string of the molecule is CCn1c(-c2ccnc(C)c2)cc2cc(-c3cncc(OC)c3)ccc21. The molecule has 4 rings (SSSR count). The summed E-state index contributed by atoms with van der Waals surface area (Å²) in [5.74, 6) is 0.765. The monoisotopic (exact) mass is 343 g/mol. The molecule has 3 heterocycles. The van der Waals surface area contributed by atoms with Crippen molar-refractivity contribution in [1.29, 1.82) is 0 Å². The van der Waals surface area contributed by atoms with Crippen molar-refractivity contribution in [1.82, 2.24) is 14.5 Å². The fourth-order valence-corrected chi connectivity index (χ4v) is 3.42. The summed E-state index contributed by atoms with van der Waals surface area (Å²) in [7, 11) is 1.66. The quantitative estimate of drug-likeness (QED) is 0.517. The molecule has 130 valence electrons. The highest BCUT2D eigenvalue weighted by Gasteiger charge is 2.11. The van der Waals surface area contributed by atoms with Crippen molar-refractivity contribution in [3.63, 3.8) is 0 Å². The predicted molar refractivity (Wildman–Crippen MR) is 105 cm³/mol. The number of methoxy groups -OCH3 is 1. The average molecular weight is 343 g/mol. The molecule has 0 saturated carbocycles. The molecule has 4 heteroatoms. The largest absolute Gasteiger partial charge is 0.495 e. The number of nitrogens with zero attached hydrogens (tertiary/aromatic N) is 3. The molecule has 3 aromatic heterocycles. The second kappa shape index (κ2) is 6.64. The molecule has 0 radical (unpaired) electrons. The molecule has 0 bridgehead atoms. The zero-order valence-corrected chi connectivity index (χ0v) is 15.2. The number of benzene rings is 1. The zero-order valence-electron chi connectivity index (χ0n) is 15.2. The van der Waals surface area contributed by atoms with E-state index in [0.717, 1.165) is 29.1 Å². The van der Waals surface area contributed by atoms with Crippen molar-refractivity contribution in [2.45, 2.75) is 20.4 Å². The van der Waals surface area contributed by atoms with E-state index < -0.39 is 0 Å². The molecule has 0 atom stereocenters. The lowest BCUT2D eigenvalue weighted by molar-refractivity contribution is 0.413. The van der Waals surface area contributed by atoms with Gasteiger partial charge in [-0.3, -0.25) is 9.97 Å². The van der Waals surface area contributed by atoms with Crippen LogP contribution in [0, 0.1) is 6.92 Å². The molecular formula is C22H21N3O. The number of fused-ring (bicyclic) bond motifs is 1. The number of hydrogen-bond acceptors (Lipinski definition) is 3. The maximum absolute atomic E-state index is 5.30. The van der Waals surface area contributed by atoms with E-state index in [2.05, 4.69) is 57.9 Å². The molecule has 0 aliphatic rings. The fraction of sp³-hybridized carbons (Fsp3) is 0.182. The highest BCUT2D eigenvalue weighted by atomic mass is 16.5. The van der Waals surface area contributed by atoms with Crippen LogP contribution in [0.15, 0.2) is 61.1 Å². The molecule has 0 aliphatic heterocycles. The minimum absolute atomic E-state index is 0.765. The molecule has 0 fully saturated rings. The van der Waals surface area contributed by atoms with Crippen LogP contribution in [0.3, 0.4) is 0 Å². The maximum atomic E-state index is 5.30. The van der Waals surface area contributed by atoms with Crippen LogP contribution < -0.4 is 4.74 Å². The third-order valence-electron chi connectivity index (χ3n) is 4.69. The predicted octanol–water partition coefficient (Wildman–Crippen LogP) is 5.10. The van der Waals surface area contributed by atoms with Crippen molar-refractivity contribution < 1.29 is 4.74 Å². The third-order valence-corrected chi connectivity index (χ3v) is 4.69. The minimum Gasteiger partial charge on any atom is -0.495 e. The van der Waals surface area contributed by atoms with E-state index in [1.165, 1.54) is 22.2 Å². The first-order valence-electron chi connectivity index (χ1n) is 8.75. The first-order valence-corrected chi connectivity index (χ1v) is 8.75. The smallest absolute Gasteiger partial charge is 0.137 e. The van der Waals surface area contributed by atoms with E-state index in [0.29, 0.717) is 0 Å². The van der Waals surface area contributed by atoms with Gasteiger partial charge in [-0.25, -0.2) is 0 Å². The molecule has 26 heavy (non-hydrogen) atoms. The molecule has 0 aliphatic carbocycles. The Hall–Kier alpha value is -3.14. The van der Waals surface area contributed by atoms with Crippen molar-refractivity contribution >= 4 is 10.9 Å². The molecule has 0 N–H and O–H groups in total. The van der Waals surface area contributed by atoms with Crippen LogP contribution in [0.4, 0.5) is 0 Å². The van der Waals surface area contributed by atoms with E-state index in [9.17, 15) is 0 Å². The Balaban J connectivity index is 1.86. The highest BCUT2D eigenvalue weighted by molar-refractivity contribution is 5.90. The first kappa shape index (κ1) is 16.3. The van der Waals surface area contributed by atoms with E-state index in [-0.39, 0.29) is 0 Å². The topological polar surface area (TPSA) is 39.9 Å². The van der Waals surface area contributed by atoms with Gasteiger partial charge in [0.05, 0.1) is 13.3 Å². The van der Waals surface area contributed by atoms with Crippen molar-refractivity contribution in [2.24, 2.45) is 0 Å². The Labute approximate surface area is 153 Å². The molecule has 0 spiro atoms. The van der Waals surface area contributed by atoms with Crippen LogP contribution >= 0.6 is 0 Å². The summed E-state index contributed by atoms with van der Waals surface area (Å²) in [6.45, 7) is 5.12. The Bertz CT molecular complexity index is 1080. The lowest BCUT2D eigenvalue weighted by Crippen LogP contribution is -1.97. The second-order valence-electron chi connectivity index (χ2n) is 6.35. The Morgan fingerprint density at radius 2 is 1.85 bits per heavy atom. The van der Waals surface area contributed by atoms with Gasteiger partial charge in [0.2, 0.25) is 0 Å². The van der Waals surface area contributed by atoms with Crippen LogP contribution in [-0.2, 0) is 6.54 Å². The standard InChI is InChI=1S/C22H21N3O/c1-4-25-21-6-5-16(19-11-20(26-3)14-23-13-19)10-18(21)12-22(25)17-7-8-24-15(2)9-17/h5-14H,4H2,1-3H3. The van der Waals surface area contributed by atoms with Gasteiger partial charge < -0.3 is 9.30 Å². The number of aromatic nitrogens is 3. The average Bonchev–Trinajstić information content (AvgIpc) is 3.06. The Morgan fingerprint density at radius 1 is 0.962 bits per heavy atom. The van der Waals surface area contributed by atoms with Gasteiger partial charge in [-0.1, -0.05) is 6.07 Å². The summed E-state index contributed by atoms with van der Waals surface area (Å²) in [6, 6.07) is 15.0. The molecular weight excluding hydrogens is 322 g/mol.